The van der Waals surface area contributed by atoms with Crippen LogP contribution in [0, 0.1) is 6.92 Å². The van der Waals surface area contributed by atoms with E-state index in [2.05, 4.69) is 25.8 Å². The van der Waals surface area contributed by atoms with Gasteiger partial charge in [-0.05, 0) is 31.2 Å². The van der Waals surface area contributed by atoms with E-state index in [1.807, 2.05) is 18.2 Å². The van der Waals surface area contributed by atoms with Crippen molar-refractivity contribution in [1.29, 1.82) is 0 Å². The Morgan fingerprint density at radius 3 is 2.85 bits per heavy atom. The second kappa shape index (κ2) is 6.32. The zero-order chi connectivity index (χ0) is 18.1. The van der Waals surface area contributed by atoms with Gasteiger partial charge < -0.3 is 15.4 Å². The third-order valence-corrected chi connectivity index (χ3v) is 3.89. The first-order chi connectivity index (χ1) is 12.6. The molecular weight excluding hydrogens is 334 g/mol. The minimum Gasteiger partial charge on any atom is -0.481 e. The molecule has 0 saturated carbocycles. The van der Waals surface area contributed by atoms with E-state index in [0.29, 0.717) is 39.9 Å². The molecule has 3 aromatic rings. The van der Waals surface area contributed by atoms with Crippen LogP contribution in [-0.2, 0) is 4.79 Å². The molecule has 0 spiro atoms. The van der Waals surface area contributed by atoms with Crippen LogP contribution in [-0.4, -0.2) is 33.6 Å². The van der Waals surface area contributed by atoms with E-state index in [1.54, 1.807) is 31.2 Å². The highest BCUT2D eigenvalue weighted by Gasteiger charge is 2.23. The van der Waals surface area contributed by atoms with E-state index in [1.165, 1.54) is 0 Å². The van der Waals surface area contributed by atoms with Crippen LogP contribution in [0.15, 0.2) is 42.5 Å². The van der Waals surface area contributed by atoms with Crippen molar-refractivity contribution in [2.45, 2.75) is 6.92 Å². The second-order valence-electron chi connectivity index (χ2n) is 5.76. The molecule has 2 heterocycles. The van der Waals surface area contributed by atoms with Crippen LogP contribution in [0.25, 0.3) is 11.4 Å². The lowest BCUT2D eigenvalue weighted by Crippen LogP contribution is -2.27. The fourth-order valence-electron chi connectivity index (χ4n) is 2.73. The molecule has 2 aromatic carbocycles. The summed E-state index contributed by atoms with van der Waals surface area (Å²) >= 11 is 0. The van der Waals surface area contributed by atoms with Gasteiger partial charge in [0.25, 0.3) is 11.8 Å². The van der Waals surface area contributed by atoms with Crippen LogP contribution >= 0.6 is 0 Å². The molecular formula is C18H15N5O3. The standard InChI is InChI=1S/C18H15N5O3/c1-10-19-17(23-22-10)11-5-2-3-7-13(11)21-18(25)12-6-4-8-14-16(12)26-9-15(24)20-14/h2-8H,9H2,1H3,(H,20,24)(H,21,25)(H,19,22,23). The van der Waals surface area contributed by atoms with Crippen LogP contribution in [0.2, 0.25) is 0 Å². The largest absolute Gasteiger partial charge is 0.481 e. The first kappa shape index (κ1) is 15.8. The summed E-state index contributed by atoms with van der Waals surface area (Å²) in [5.74, 6) is 0.938. The number of nitrogens with zero attached hydrogens (tertiary/aromatic N) is 2. The number of hydrogen-bond donors (Lipinski definition) is 3. The van der Waals surface area contributed by atoms with Gasteiger partial charge in [-0.1, -0.05) is 18.2 Å². The number of carbonyl (C=O) groups excluding carboxylic acids is 2. The van der Waals surface area contributed by atoms with Crippen molar-refractivity contribution >= 4 is 23.2 Å². The highest BCUT2D eigenvalue weighted by molar-refractivity contribution is 6.10. The Kier molecular flexibility index (Phi) is 3.85. The molecule has 3 N–H and O–H groups in total. The number of carbonyl (C=O) groups is 2. The van der Waals surface area contributed by atoms with Crippen molar-refractivity contribution in [2.75, 3.05) is 17.2 Å². The van der Waals surface area contributed by atoms with E-state index >= 15 is 0 Å². The quantitative estimate of drug-likeness (QED) is 0.672. The molecule has 0 fully saturated rings. The first-order valence-corrected chi connectivity index (χ1v) is 7.97. The summed E-state index contributed by atoms with van der Waals surface area (Å²) in [6.07, 6.45) is 0. The van der Waals surface area contributed by atoms with Crippen LogP contribution in [0.5, 0.6) is 5.75 Å². The van der Waals surface area contributed by atoms with Crippen LogP contribution in [0.4, 0.5) is 11.4 Å². The predicted octanol–water partition coefficient (Wildman–Crippen LogP) is 2.36. The lowest BCUT2D eigenvalue weighted by Gasteiger charge is -2.20. The third-order valence-electron chi connectivity index (χ3n) is 3.89. The molecule has 0 bridgehead atoms. The lowest BCUT2D eigenvalue weighted by atomic mass is 10.1. The molecule has 1 aliphatic heterocycles. The molecule has 26 heavy (non-hydrogen) atoms. The van der Waals surface area contributed by atoms with Crippen molar-refractivity contribution in [2.24, 2.45) is 0 Å². The fraction of sp³-hybridized carbons (Fsp3) is 0.111. The van der Waals surface area contributed by atoms with Gasteiger partial charge in [-0.3, -0.25) is 14.7 Å². The summed E-state index contributed by atoms with van der Waals surface area (Å²) in [5, 5.41) is 12.5. The number of amides is 2. The van der Waals surface area contributed by atoms with Gasteiger partial charge >= 0.3 is 0 Å². The molecule has 1 aromatic heterocycles. The minimum atomic E-state index is -0.349. The Labute approximate surface area is 148 Å². The summed E-state index contributed by atoms with van der Waals surface area (Å²) in [7, 11) is 0. The molecule has 0 radical (unpaired) electrons. The van der Waals surface area contributed by atoms with E-state index in [4.69, 9.17) is 4.74 Å². The van der Waals surface area contributed by atoms with Crippen molar-refractivity contribution in [3.8, 4) is 17.1 Å². The minimum absolute atomic E-state index is 0.121. The maximum atomic E-state index is 12.8. The maximum absolute atomic E-state index is 12.8. The highest BCUT2D eigenvalue weighted by atomic mass is 16.5. The average Bonchev–Trinajstić information content (AvgIpc) is 3.07. The number of fused-ring (bicyclic) bond motifs is 1. The summed E-state index contributed by atoms with van der Waals surface area (Å²) < 4.78 is 5.44. The molecule has 0 saturated heterocycles. The molecule has 0 unspecified atom stereocenters. The molecule has 8 nitrogen and oxygen atoms in total. The number of anilines is 2. The van der Waals surface area contributed by atoms with Crippen LogP contribution in [0.3, 0.4) is 0 Å². The Morgan fingerprint density at radius 1 is 1.19 bits per heavy atom. The summed E-state index contributed by atoms with van der Waals surface area (Å²) in [4.78, 5) is 28.6. The predicted molar refractivity (Wildman–Crippen MR) is 95.1 cm³/mol. The van der Waals surface area contributed by atoms with Crippen molar-refractivity contribution < 1.29 is 14.3 Å². The SMILES string of the molecule is Cc1nc(-c2ccccc2NC(=O)c2cccc3c2OCC(=O)N3)n[nH]1. The molecule has 0 aliphatic carbocycles. The Morgan fingerprint density at radius 2 is 2.04 bits per heavy atom. The van der Waals surface area contributed by atoms with E-state index in [9.17, 15) is 9.59 Å². The summed E-state index contributed by atoms with van der Waals surface area (Å²) in [6.45, 7) is 1.68. The van der Waals surface area contributed by atoms with E-state index < -0.39 is 0 Å². The number of aromatic amines is 1. The lowest BCUT2D eigenvalue weighted by molar-refractivity contribution is -0.118. The average molecular weight is 349 g/mol. The molecule has 0 atom stereocenters. The smallest absolute Gasteiger partial charge is 0.262 e. The van der Waals surface area contributed by atoms with Gasteiger partial charge in [0.1, 0.15) is 5.82 Å². The van der Waals surface area contributed by atoms with Crippen molar-refractivity contribution in [3.05, 3.63) is 53.9 Å². The Bertz CT molecular complexity index is 1010. The monoisotopic (exact) mass is 349 g/mol. The summed E-state index contributed by atoms with van der Waals surface area (Å²) in [6, 6.07) is 12.3. The fourth-order valence-corrected chi connectivity index (χ4v) is 2.73. The number of nitrogens with one attached hydrogen (secondary N) is 3. The van der Waals surface area contributed by atoms with Gasteiger partial charge in [-0.2, -0.15) is 5.10 Å². The number of benzene rings is 2. The number of ether oxygens (including phenoxy) is 1. The number of aromatic nitrogens is 3. The van der Waals surface area contributed by atoms with Gasteiger partial charge in [-0.25, -0.2) is 4.98 Å². The number of rotatable bonds is 3. The molecule has 2 amide bonds. The maximum Gasteiger partial charge on any atom is 0.262 e. The molecule has 1 aliphatic rings. The van der Waals surface area contributed by atoms with Gasteiger partial charge in [0.05, 0.1) is 16.9 Å². The number of aryl methyl sites for hydroxylation is 1. The zero-order valence-corrected chi connectivity index (χ0v) is 13.9. The Hall–Kier alpha value is -3.68. The molecule has 8 heteroatoms. The summed E-state index contributed by atoms with van der Waals surface area (Å²) in [5.41, 5.74) is 2.09. The molecule has 4 rings (SSSR count). The van der Waals surface area contributed by atoms with E-state index in [-0.39, 0.29) is 18.4 Å². The topological polar surface area (TPSA) is 109 Å². The van der Waals surface area contributed by atoms with Gasteiger partial charge in [0.2, 0.25) is 0 Å². The first-order valence-electron chi connectivity index (χ1n) is 7.97. The van der Waals surface area contributed by atoms with Crippen molar-refractivity contribution in [1.82, 2.24) is 15.2 Å². The van der Waals surface area contributed by atoms with Gasteiger partial charge in [0.15, 0.2) is 18.2 Å². The van der Waals surface area contributed by atoms with Gasteiger partial charge in [-0.15, -0.1) is 0 Å². The molecule has 130 valence electrons. The van der Waals surface area contributed by atoms with Crippen LogP contribution in [0.1, 0.15) is 16.2 Å². The normalized spacial score (nSPS) is 12.7. The van der Waals surface area contributed by atoms with Crippen LogP contribution < -0.4 is 15.4 Å². The zero-order valence-electron chi connectivity index (χ0n) is 13.9. The van der Waals surface area contributed by atoms with Gasteiger partial charge in [0, 0.05) is 5.56 Å². The second-order valence-corrected chi connectivity index (χ2v) is 5.76. The Balaban J connectivity index is 1.66. The van der Waals surface area contributed by atoms with Crippen molar-refractivity contribution in [3.63, 3.8) is 0 Å². The highest BCUT2D eigenvalue weighted by Crippen LogP contribution is 2.33. The van der Waals surface area contributed by atoms with E-state index in [0.717, 1.165) is 0 Å². The number of H-pyrrole nitrogens is 1. The number of para-hydroxylation sites is 2. The number of hydrogen-bond acceptors (Lipinski definition) is 5. The third kappa shape index (κ3) is 2.88.